The first-order valence-electron chi connectivity index (χ1n) is 5.82. The lowest BCUT2D eigenvalue weighted by atomic mass is 9.91. The van der Waals surface area contributed by atoms with Crippen molar-refractivity contribution in [1.82, 2.24) is 0 Å². The normalized spacial score (nSPS) is 24.7. The average Bonchev–Trinajstić information content (AvgIpc) is 2.67. The maximum atomic E-state index is 12.2. The predicted molar refractivity (Wildman–Crippen MR) is 63.8 cm³/mol. The second-order valence-corrected chi connectivity index (χ2v) is 4.63. The number of ketones is 1. The lowest BCUT2D eigenvalue weighted by Crippen LogP contribution is -2.21. The first kappa shape index (κ1) is 11.3. The third kappa shape index (κ3) is 2.03. The number of hydrogen-bond acceptors (Lipinski definition) is 2. The molecule has 86 valence electrons. The fourth-order valence-corrected chi connectivity index (χ4v) is 2.18. The summed E-state index contributed by atoms with van der Waals surface area (Å²) in [6.07, 6.45) is 0.918. The van der Waals surface area contributed by atoms with E-state index in [1.807, 2.05) is 32.0 Å². The van der Waals surface area contributed by atoms with Crippen molar-refractivity contribution in [2.75, 3.05) is 6.61 Å². The van der Waals surface area contributed by atoms with Gasteiger partial charge in [0.25, 0.3) is 0 Å². The van der Waals surface area contributed by atoms with Crippen LogP contribution in [0.5, 0.6) is 0 Å². The van der Waals surface area contributed by atoms with E-state index in [2.05, 4.69) is 6.92 Å². The standard InChI is InChI=1S/C14H18O2/c1-9-4-5-12(8-10(9)2)14(15)13-6-7-16-11(13)3/h4-5,8,11,13H,6-7H2,1-3H3. The van der Waals surface area contributed by atoms with Gasteiger partial charge in [0.15, 0.2) is 5.78 Å². The van der Waals surface area contributed by atoms with Crippen LogP contribution in [0.25, 0.3) is 0 Å². The Morgan fingerprint density at radius 2 is 2.06 bits per heavy atom. The third-order valence-electron chi connectivity index (χ3n) is 3.50. The summed E-state index contributed by atoms with van der Waals surface area (Å²) in [5.74, 6) is 0.273. The first-order chi connectivity index (χ1) is 7.59. The summed E-state index contributed by atoms with van der Waals surface area (Å²) in [5, 5.41) is 0. The number of rotatable bonds is 2. The van der Waals surface area contributed by atoms with Gasteiger partial charge in [-0.2, -0.15) is 0 Å². The number of aryl methyl sites for hydroxylation is 2. The molecule has 1 fully saturated rings. The Balaban J connectivity index is 2.23. The van der Waals surface area contributed by atoms with Crippen molar-refractivity contribution in [3.05, 3.63) is 34.9 Å². The number of Topliss-reactive ketones (excluding diaryl/α,β-unsaturated/α-hetero) is 1. The van der Waals surface area contributed by atoms with Crippen LogP contribution in [-0.4, -0.2) is 18.5 Å². The number of carbonyl (C=O) groups is 1. The van der Waals surface area contributed by atoms with Crippen LogP contribution >= 0.6 is 0 Å². The van der Waals surface area contributed by atoms with Gasteiger partial charge < -0.3 is 4.74 Å². The molecule has 0 amide bonds. The second-order valence-electron chi connectivity index (χ2n) is 4.63. The van der Waals surface area contributed by atoms with Gasteiger partial charge in [0.05, 0.1) is 12.0 Å². The molecular formula is C14H18O2. The van der Waals surface area contributed by atoms with Crippen LogP contribution in [0.4, 0.5) is 0 Å². The van der Waals surface area contributed by atoms with Crippen LogP contribution in [0.2, 0.25) is 0 Å². The highest BCUT2D eigenvalue weighted by Crippen LogP contribution is 2.25. The summed E-state index contributed by atoms with van der Waals surface area (Å²) < 4.78 is 5.44. The topological polar surface area (TPSA) is 26.3 Å². The molecule has 1 saturated heterocycles. The molecule has 1 aromatic carbocycles. The molecule has 2 rings (SSSR count). The van der Waals surface area contributed by atoms with Gasteiger partial charge in [-0.1, -0.05) is 12.1 Å². The molecule has 1 aliphatic heterocycles. The number of benzene rings is 1. The molecule has 1 heterocycles. The summed E-state index contributed by atoms with van der Waals surface area (Å²) >= 11 is 0. The van der Waals surface area contributed by atoms with Gasteiger partial charge >= 0.3 is 0 Å². The third-order valence-corrected chi connectivity index (χ3v) is 3.50. The quantitative estimate of drug-likeness (QED) is 0.713. The smallest absolute Gasteiger partial charge is 0.168 e. The van der Waals surface area contributed by atoms with Crippen LogP contribution in [-0.2, 0) is 4.74 Å². The summed E-state index contributed by atoms with van der Waals surface area (Å²) in [5.41, 5.74) is 3.23. The lowest BCUT2D eigenvalue weighted by molar-refractivity contribution is 0.0764. The number of ether oxygens (including phenoxy) is 1. The zero-order valence-corrected chi connectivity index (χ0v) is 10.1. The lowest BCUT2D eigenvalue weighted by Gasteiger charge is -2.13. The van der Waals surface area contributed by atoms with Gasteiger partial charge in [-0.25, -0.2) is 0 Å². The summed E-state index contributed by atoms with van der Waals surface area (Å²) in [6, 6.07) is 5.93. The minimum absolute atomic E-state index is 0.0436. The number of carbonyl (C=O) groups excluding carboxylic acids is 1. The fourth-order valence-electron chi connectivity index (χ4n) is 2.18. The van der Waals surface area contributed by atoms with E-state index in [4.69, 9.17) is 4.74 Å². The second kappa shape index (κ2) is 4.38. The highest BCUT2D eigenvalue weighted by Gasteiger charge is 2.31. The molecular weight excluding hydrogens is 200 g/mol. The van der Waals surface area contributed by atoms with Crippen molar-refractivity contribution in [2.24, 2.45) is 5.92 Å². The minimum atomic E-state index is 0.0436. The van der Waals surface area contributed by atoms with Crippen molar-refractivity contribution in [3.8, 4) is 0 Å². The summed E-state index contributed by atoms with van der Waals surface area (Å²) in [6.45, 7) is 6.80. The minimum Gasteiger partial charge on any atom is -0.378 e. The molecule has 2 unspecified atom stereocenters. The monoisotopic (exact) mass is 218 g/mol. The Kier molecular flexibility index (Phi) is 3.10. The molecule has 1 aliphatic rings. The van der Waals surface area contributed by atoms with Crippen molar-refractivity contribution in [2.45, 2.75) is 33.3 Å². The Bertz CT molecular complexity index is 409. The van der Waals surface area contributed by atoms with Gasteiger partial charge in [-0.3, -0.25) is 4.79 Å². The van der Waals surface area contributed by atoms with E-state index >= 15 is 0 Å². The van der Waals surface area contributed by atoms with E-state index < -0.39 is 0 Å². The van der Waals surface area contributed by atoms with E-state index in [0.717, 1.165) is 12.0 Å². The fraction of sp³-hybridized carbons (Fsp3) is 0.500. The molecule has 2 atom stereocenters. The molecule has 0 N–H and O–H groups in total. The van der Waals surface area contributed by atoms with Crippen LogP contribution in [0.1, 0.15) is 34.8 Å². The molecule has 2 nitrogen and oxygen atoms in total. The van der Waals surface area contributed by atoms with E-state index in [9.17, 15) is 4.79 Å². The van der Waals surface area contributed by atoms with Crippen molar-refractivity contribution in [1.29, 1.82) is 0 Å². The molecule has 2 heteroatoms. The van der Waals surface area contributed by atoms with Crippen LogP contribution in [0.3, 0.4) is 0 Å². The Labute approximate surface area is 96.6 Å². The Hall–Kier alpha value is -1.15. The maximum absolute atomic E-state index is 12.2. The van der Waals surface area contributed by atoms with Crippen LogP contribution in [0, 0.1) is 19.8 Å². The highest BCUT2D eigenvalue weighted by molar-refractivity contribution is 5.98. The molecule has 0 bridgehead atoms. The van der Waals surface area contributed by atoms with Gasteiger partial charge in [0, 0.05) is 12.2 Å². The molecule has 0 aromatic heterocycles. The van der Waals surface area contributed by atoms with Crippen molar-refractivity contribution in [3.63, 3.8) is 0 Å². The van der Waals surface area contributed by atoms with Crippen molar-refractivity contribution < 1.29 is 9.53 Å². The summed E-state index contributed by atoms with van der Waals surface area (Å²) in [7, 11) is 0. The van der Waals surface area contributed by atoms with E-state index in [0.29, 0.717) is 6.61 Å². The summed E-state index contributed by atoms with van der Waals surface area (Å²) in [4.78, 5) is 12.2. The number of hydrogen-bond donors (Lipinski definition) is 0. The maximum Gasteiger partial charge on any atom is 0.168 e. The molecule has 0 saturated carbocycles. The molecule has 1 aromatic rings. The Morgan fingerprint density at radius 1 is 1.31 bits per heavy atom. The first-order valence-corrected chi connectivity index (χ1v) is 5.82. The van der Waals surface area contributed by atoms with Gasteiger partial charge in [-0.15, -0.1) is 0 Å². The molecule has 0 aliphatic carbocycles. The average molecular weight is 218 g/mol. The van der Waals surface area contributed by atoms with E-state index in [1.54, 1.807) is 0 Å². The van der Waals surface area contributed by atoms with Crippen molar-refractivity contribution >= 4 is 5.78 Å². The molecule has 0 radical (unpaired) electrons. The SMILES string of the molecule is Cc1ccc(C(=O)C2CCOC2C)cc1C. The van der Waals surface area contributed by atoms with E-state index in [-0.39, 0.29) is 17.8 Å². The van der Waals surface area contributed by atoms with Gasteiger partial charge in [0.2, 0.25) is 0 Å². The Morgan fingerprint density at radius 3 is 2.62 bits per heavy atom. The van der Waals surface area contributed by atoms with Crippen LogP contribution < -0.4 is 0 Å². The molecule has 16 heavy (non-hydrogen) atoms. The van der Waals surface area contributed by atoms with Gasteiger partial charge in [-0.05, 0) is 44.4 Å². The van der Waals surface area contributed by atoms with Gasteiger partial charge in [0.1, 0.15) is 0 Å². The van der Waals surface area contributed by atoms with Crippen LogP contribution in [0.15, 0.2) is 18.2 Å². The zero-order chi connectivity index (χ0) is 11.7. The largest absolute Gasteiger partial charge is 0.378 e. The predicted octanol–water partition coefficient (Wildman–Crippen LogP) is 2.91. The highest BCUT2D eigenvalue weighted by atomic mass is 16.5. The van der Waals surface area contributed by atoms with E-state index in [1.165, 1.54) is 11.1 Å². The zero-order valence-electron chi connectivity index (χ0n) is 10.1. The molecule has 0 spiro atoms.